The van der Waals surface area contributed by atoms with E-state index in [1.54, 1.807) is 7.11 Å². The van der Waals surface area contributed by atoms with Gasteiger partial charge < -0.3 is 14.4 Å². The molecule has 0 amide bonds. The van der Waals surface area contributed by atoms with Crippen molar-refractivity contribution in [2.24, 2.45) is 16.3 Å². The SMILES string of the molecule is C=CC1CCN(CCCC)C(=Nc2ccc(OC)cc2)C1(C)C(=O)OCC. The van der Waals surface area contributed by atoms with Crippen LogP contribution in [0.15, 0.2) is 41.9 Å². The van der Waals surface area contributed by atoms with Gasteiger partial charge in [0.1, 0.15) is 17.0 Å². The van der Waals surface area contributed by atoms with Crippen LogP contribution >= 0.6 is 0 Å². The van der Waals surface area contributed by atoms with Gasteiger partial charge in [0.2, 0.25) is 0 Å². The van der Waals surface area contributed by atoms with E-state index in [1.165, 1.54) is 0 Å². The van der Waals surface area contributed by atoms with E-state index in [0.717, 1.165) is 49.6 Å². The van der Waals surface area contributed by atoms with Gasteiger partial charge in [0.25, 0.3) is 0 Å². The number of likely N-dealkylation sites (tertiary alicyclic amines) is 1. The van der Waals surface area contributed by atoms with Gasteiger partial charge in [0, 0.05) is 19.0 Å². The standard InChI is InChI=1S/C22H32N2O3/c1-6-9-15-24-16-14-17(7-2)22(4,21(25)27-8-3)20(24)23-18-10-12-19(26-5)13-11-18/h7,10-13,17H,2,6,8-9,14-16H2,1,3-5H3. The summed E-state index contributed by atoms with van der Waals surface area (Å²) in [6, 6.07) is 7.58. The summed E-state index contributed by atoms with van der Waals surface area (Å²) in [4.78, 5) is 20.2. The summed E-state index contributed by atoms with van der Waals surface area (Å²) in [5.74, 6) is 1.31. The monoisotopic (exact) mass is 372 g/mol. The normalized spacial score (nSPS) is 23.9. The minimum atomic E-state index is -0.844. The van der Waals surface area contributed by atoms with Crippen molar-refractivity contribution >= 4 is 17.5 Å². The van der Waals surface area contributed by atoms with Gasteiger partial charge in [-0.25, -0.2) is 4.99 Å². The summed E-state index contributed by atoms with van der Waals surface area (Å²) in [7, 11) is 1.64. The molecule has 2 rings (SSSR count). The highest BCUT2D eigenvalue weighted by molar-refractivity contribution is 6.07. The zero-order valence-electron chi connectivity index (χ0n) is 17.0. The molecule has 0 N–H and O–H groups in total. The number of amidine groups is 1. The van der Waals surface area contributed by atoms with Gasteiger partial charge in [0.15, 0.2) is 0 Å². The van der Waals surface area contributed by atoms with Crippen LogP contribution in [-0.4, -0.2) is 43.5 Å². The Balaban J connectivity index is 2.52. The van der Waals surface area contributed by atoms with Crippen LogP contribution in [-0.2, 0) is 9.53 Å². The number of hydrogen-bond donors (Lipinski definition) is 0. The summed E-state index contributed by atoms with van der Waals surface area (Å²) in [6.07, 6.45) is 4.88. The van der Waals surface area contributed by atoms with Crippen molar-refractivity contribution in [1.82, 2.24) is 4.90 Å². The molecule has 0 bridgehead atoms. The van der Waals surface area contributed by atoms with E-state index < -0.39 is 5.41 Å². The molecule has 0 radical (unpaired) electrons. The van der Waals surface area contributed by atoms with Crippen LogP contribution in [0.25, 0.3) is 0 Å². The van der Waals surface area contributed by atoms with Crippen molar-refractivity contribution in [3.63, 3.8) is 0 Å². The Hall–Kier alpha value is -2.30. The first-order valence-corrected chi connectivity index (χ1v) is 9.79. The van der Waals surface area contributed by atoms with Gasteiger partial charge >= 0.3 is 5.97 Å². The lowest BCUT2D eigenvalue weighted by atomic mass is 9.71. The predicted molar refractivity (Wildman–Crippen MR) is 110 cm³/mol. The van der Waals surface area contributed by atoms with Gasteiger partial charge in [-0.2, -0.15) is 0 Å². The third-order valence-corrected chi connectivity index (χ3v) is 5.29. The summed E-state index contributed by atoms with van der Waals surface area (Å²) >= 11 is 0. The van der Waals surface area contributed by atoms with Crippen molar-refractivity contribution in [2.75, 3.05) is 26.8 Å². The van der Waals surface area contributed by atoms with Gasteiger partial charge in [-0.3, -0.25) is 4.79 Å². The van der Waals surface area contributed by atoms with E-state index >= 15 is 0 Å². The molecule has 1 aromatic rings. The Labute approximate surface area is 163 Å². The molecule has 1 heterocycles. The Kier molecular flexibility index (Phi) is 7.45. The maximum absolute atomic E-state index is 13.0. The molecule has 0 spiro atoms. The molecule has 1 aliphatic rings. The smallest absolute Gasteiger partial charge is 0.320 e. The van der Waals surface area contributed by atoms with Gasteiger partial charge in [-0.05, 0) is 51.0 Å². The number of nitrogens with zero attached hydrogens (tertiary/aromatic N) is 2. The second-order valence-electron chi connectivity index (χ2n) is 7.03. The molecule has 0 aliphatic carbocycles. The van der Waals surface area contributed by atoms with Crippen molar-refractivity contribution < 1.29 is 14.3 Å². The third-order valence-electron chi connectivity index (χ3n) is 5.29. The molecule has 2 unspecified atom stereocenters. The highest BCUT2D eigenvalue weighted by Crippen LogP contribution is 2.40. The summed E-state index contributed by atoms with van der Waals surface area (Å²) in [6.45, 7) is 12.0. The number of benzene rings is 1. The zero-order valence-corrected chi connectivity index (χ0v) is 17.0. The van der Waals surface area contributed by atoms with Crippen LogP contribution in [0.2, 0.25) is 0 Å². The highest BCUT2D eigenvalue weighted by Gasteiger charge is 2.50. The molecule has 1 aromatic carbocycles. The highest BCUT2D eigenvalue weighted by atomic mass is 16.5. The van der Waals surface area contributed by atoms with Gasteiger partial charge in [-0.1, -0.05) is 19.4 Å². The maximum Gasteiger partial charge on any atom is 0.320 e. The van der Waals surface area contributed by atoms with Crippen molar-refractivity contribution in [3.8, 4) is 5.75 Å². The molecule has 0 saturated carbocycles. The minimum absolute atomic E-state index is 0.00794. The summed E-state index contributed by atoms with van der Waals surface area (Å²) < 4.78 is 10.7. The van der Waals surface area contributed by atoms with Crippen LogP contribution in [0.1, 0.15) is 40.0 Å². The fourth-order valence-electron chi connectivity index (χ4n) is 3.59. The lowest BCUT2D eigenvalue weighted by molar-refractivity contribution is -0.153. The van der Waals surface area contributed by atoms with Crippen LogP contribution in [0.4, 0.5) is 5.69 Å². The quantitative estimate of drug-likeness (QED) is 0.494. The Morgan fingerprint density at radius 3 is 2.63 bits per heavy atom. The van der Waals surface area contributed by atoms with Crippen molar-refractivity contribution in [2.45, 2.75) is 40.0 Å². The fourth-order valence-corrected chi connectivity index (χ4v) is 3.59. The molecule has 1 saturated heterocycles. The molecule has 5 nitrogen and oxygen atoms in total. The number of esters is 1. The van der Waals surface area contributed by atoms with E-state index in [0.29, 0.717) is 6.61 Å². The molecule has 1 aliphatic heterocycles. The number of carbonyl (C=O) groups excluding carboxylic acids is 1. The van der Waals surface area contributed by atoms with E-state index in [2.05, 4.69) is 18.4 Å². The molecular weight excluding hydrogens is 340 g/mol. The fraction of sp³-hybridized carbons (Fsp3) is 0.545. The second-order valence-corrected chi connectivity index (χ2v) is 7.03. The maximum atomic E-state index is 13.0. The van der Waals surface area contributed by atoms with Gasteiger partial charge in [0.05, 0.1) is 19.4 Å². The Morgan fingerprint density at radius 2 is 2.07 bits per heavy atom. The number of hydrogen-bond acceptors (Lipinski definition) is 4. The lowest BCUT2D eigenvalue weighted by Gasteiger charge is -2.45. The first-order valence-electron chi connectivity index (χ1n) is 9.79. The van der Waals surface area contributed by atoms with Gasteiger partial charge in [-0.15, -0.1) is 6.58 Å². The molecule has 5 heteroatoms. The average molecular weight is 373 g/mol. The number of aliphatic imine (C=N–C) groups is 1. The van der Waals surface area contributed by atoms with E-state index in [1.807, 2.05) is 44.2 Å². The van der Waals surface area contributed by atoms with E-state index in [9.17, 15) is 4.79 Å². The molecule has 0 aromatic heterocycles. The van der Waals surface area contributed by atoms with Crippen LogP contribution in [0.3, 0.4) is 0 Å². The molecule has 1 fully saturated rings. The first-order chi connectivity index (χ1) is 13.0. The number of allylic oxidation sites excluding steroid dienone is 1. The molecular formula is C22H32N2O3. The number of carbonyl (C=O) groups is 1. The number of unbranched alkanes of at least 4 members (excludes halogenated alkanes) is 1. The molecule has 27 heavy (non-hydrogen) atoms. The van der Waals surface area contributed by atoms with Crippen LogP contribution in [0.5, 0.6) is 5.75 Å². The predicted octanol–water partition coefficient (Wildman–Crippen LogP) is 4.60. The molecule has 2 atom stereocenters. The zero-order chi connectivity index (χ0) is 19.9. The lowest BCUT2D eigenvalue weighted by Crippen LogP contribution is -2.56. The van der Waals surface area contributed by atoms with E-state index in [4.69, 9.17) is 14.5 Å². The Bertz CT molecular complexity index is 669. The number of methoxy groups -OCH3 is 1. The number of rotatable bonds is 8. The van der Waals surface area contributed by atoms with Crippen LogP contribution < -0.4 is 4.74 Å². The third kappa shape index (κ3) is 4.52. The minimum Gasteiger partial charge on any atom is -0.497 e. The number of ether oxygens (including phenoxy) is 2. The van der Waals surface area contributed by atoms with E-state index in [-0.39, 0.29) is 11.9 Å². The summed E-state index contributed by atoms with van der Waals surface area (Å²) in [5, 5.41) is 0. The second kappa shape index (κ2) is 9.58. The van der Waals surface area contributed by atoms with Crippen LogP contribution in [0, 0.1) is 11.3 Å². The van der Waals surface area contributed by atoms with Crippen molar-refractivity contribution in [1.29, 1.82) is 0 Å². The molecule has 148 valence electrons. The average Bonchev–Trinajstić information content (AvgIpc) is 2.69. The number of piperidine rings is 1. The topological polar surface area (TPSA) is 51.1 Å². The Morgan fingerprint density at radius 1 is 1.37 bits per heavy atom. The van der Waals surface area contributed by atoms with Crippen molar-refractivity contribution in [3.05, 3.63) is 36.9 Å². The summed E-state index contributed by atoms with van der Waals surface area (Å²) in [5.41, 5.74) is -0.0449. The largest absolute Gasteiger partial charge is 0.497 e. The first kappa shape index (κ1) is 21.0.